The molecule has 12 nitrogen and oxygen atoms in total. The van der Waals surface area contributed by atoms with Crippen LogP contribution in [0.2, 0.25) is 0 Å². The number of H-pyrrole nitrogens is 2. The minimum absolute atomic E-state index is 0. The van der Waals surface area contributed by atoms with Crippen LogP contribution in [0.3, 0.4) is 0 Å². The van der Waals surface area contributed by atoms with Gasteiger partial charge in [-0.1, -0.05) is 69.3 Å². The fourth-order valence-electron chi connectivity index (χ4n) is 6.81. The van der Waals surface area contributed by atoms with E-state index in [-0.39, 0.29) is 76.5 Å². The van der Waals surface area contributed by atoms with E-state index in [0.717, 1.165) is 71.7 Å². The summed E-state index contributed by atoms with van der Waals surface area (Å²) >= 11 is 0. The Morgan fingerprint density at radius 2 is 1.17 bits per heavy atom. The second-order valence-corrected chi connectivity index (χ2v) is 13.9. The summed E-state index contributed by atoms with van der Waals surface area (Å²) in [5.41, 5.74) is 8.55. The number of hydrogen-bond acceptors (Lipinski definition) is 6. The molecule has 2 aromatic carbocycles. The largest absolute Gasteiger partial charge is 0.452 e. The quantitative estimate of drug-likeness (QED) is 0.157. The van der Waals surface area contributed by atoms with Gasteiger partial charge in [-0.3, -0.25) is 4.79 Å². The average Bonchev–Trinajstić information content (AvgIpc) is 3.96. The Balaban J connectivity index is 0.00000252. The van der Waals surface area contributed by atoms with Crippen LogP contribution >= 0.6 is 40.5 Å². The van der Waals surface area contributed by atoms with Crippen LogP contribution in [-0.4, -0.2) is 79.0 Å². The molecule has 3 atom stereocenters. The lowest BCUT2D eigenvalue weighted by Gasteiger charge is -2.33. The van der Waals surface area contributed by atoms with Gasteiger partial charge < -0.3 is 24.5 Å². The van der Waals surface area contributed by atoms with Crippen molar-refractivity contribution >= 4 is 58.5 Å². The van der Waals surface area contributed by atoms with E-state index in [9.17, 15) is 14.4 Å². The molecule has 0 radical (unpaired) electrons. The molecule has 0 bridgehead atoms. The molecule has 288 valence electrons. The number of methoxy groups -OCH3 is 1. The Morgan fingerprint density at radius 3 is 1.60 bits per heavy atom. The SMILES string of the molecule is COC(=O)NN(C(=O)N1CCC[C@H]1c1ncc(-c2ccc(-c3ccc(-c4cnc([C@@H]5CCCN5C(=O)[C@@H](C)C(C)C)[nH]4)cc3)cc2)[nH]1)C(C)C.S.S.S. The van der Waals surface area contributed by atoms with Crippen molar-refractivity contribution in [1.82, 2.24) is 40.2 Å². The third-order valence-corrected chi connectivity index (χ3v) is 10.1. The molecule has 53 heavy (non-hydrogen) atoms. The molecule has 4 amide bonds. The van der Waals surface area contributed by atoms with Crippen LogP contribution in [0.1, 0.15) is 84.0 Å². The number of hydrazine groups is 1. The van der Waals surface area contributed by atoms with E-state index in [4.69, 9.17) is 9.72 Å². The number of nitrogens with one attached hydrogen (secondary N) is 3. The fourth-order valence-corrected chi connectivity index (χ4v) is 6.81. The monoisotopic (exact) mass is 782 g/mol. The Hall–Kier alpha value is -4.08. The van der Waals surface area contributed by atoms with Crippen molar-refractivity contribution < 1.29 is 19.1 Å². The zero-order valence-electron chi connectivity index (χ0n) is 31.3. The van der Waals surface area contributed by atoms with Gasteiger partial charge in [0.25, 0.3) is 0 Å². The summed E-state index contributed by atoms with van der Waals surface area (Å²) in [6, 6.07) is 15.9. The Kier molecular flexibility index (Phi) is 15.4. The maximum atomic E-state index is 13.4. The molecular weight excluding hydrogens is 729 g/mol. The first kappa shape index (κ1) is 43.3. The van der Waals surface area contributed by atoms with Crippen molar-refractivity contribution in [3.8, 4) is 33.6 Å². The lowest BCUT2D eigenvalue weighted by Crippen LogP contribution is -2.54. The van der Waals surface area contributed by atoms with Crippen LogP contribution in [0.25, 0.3) is 33.6 Å². The number of imidazole rings is 2. The van der Waals surface area contributed by atoms with Crippen LogP contribution < -0.4 is 5.43 Å². The first-order valence-electron chi connectivity index (χ1n) is 17.6. The number of carbonyl (C=O) groups is 3. The summed E-state index contributed by atoms with van der Waals surface area (Å²) < 4.78 is 4.71. The summed E-state index contributed by atoms with van der Waals surface area (Å²) in [6.07, 6.45) is 6.50. The third kappa shape index (κ3) is 9.36. The number of aromatic amines is 2. The number of hydrogen-bond donors (Lipinski definition) is 3. The molecule has 4 heterocycles. The van der Waals surface area contributed by atoms with Gasteiger partial charge in [0.2, 0.25) is 5.91 Å². The van der Waals surface area contributed by atoms with Gasteiger partial charge in [-0.05, 0) is 67.7 Å². The van der Waals surface area contributed by atoms with Crippen LogP contribution in [0.4, 0.5) is 9.59 Å². The molecule has 2 aliphatic heterocycles. The molecule has 4 aromatic rings. The summed E-state index contributed by atoms with van der Waals surface area (Å²) in [5, 5.41) is 1.30. The van der Waals surface area contributed by atoms with E-state index in [2.05, 4.69) is 82.8 Å². The van der Waals surface area contributed by atoms with Gasteiger partial charge in [0.1, 0.15) is 11.6 Å². The van der Waals surface area contributed by atoms with Crippen molar-refractivity contribution in [1.29, 1.82) is 0 Å². The number of urea groups is 1. The highest BCUT2D eigenvalue weighted by atomic mass is 32.1. The van der Waals surface area contributed by atoms with Crippen LogP contribution in [0.5, 0.6) is 0 Å². The minimum Gasteiger partial charge on any atom is -0.452 e. The number of aromatic nitrogens is 4. The zero-order chi connectivity index (χ0) is 35.5. The lowest BCUT2D eigenvalue weighted by molar-refractivity contribution is -0.137. The van der Waals surface area contributed by atoms with Gasteiger partial charge in [0.15, 0.2) is 0 Å². The summed E-state index contributed by atoms with van der Waals surface area (Å²) in [6.45, 7) is 11.2. The van der Waals surface area contributed by atoms with E-state index in [0.29, 0.717) is 18.3 Å². The number of rotatable bonds is 8. The second kappa shape index (κ2) is 18.8. The molecule has 2 fully saturated rings. The molecule has 3 N–H and O–H groups in total. The molecule has 2 saturated heterocycles. The van der Waals surface area contributed by atoms with Crippen molar-refractivity contribution in [3.05, 3.63) is 72.6 Å². The molecule has 2 aliphatic rings. The number of benzene rings is 2. The van der Waals surface area contributed by atoms with Crippen LogP contribution in [0.15, 0.2) is 60.9 Å². The molecule has 0 aliphatic carbocycles. The molecule has 0 spiro atoms. The van der Waals surface area contributed by atoms with E-state index in [1.54, 1.807) is 11.1 Å². The van der Waals surface area contributed by atoms with Crippen molar-refractivity contribution in [2.45, 2.75) is 78.4 Å². The highest BCUT2D eigenvalue weighted by molar-refractivity contribution is 7.59. The standard InChI is InChI=1S/C38H48N8O4.3H2S/c1-23(2)25(5)36(47)44-19-7-9-32(44)34-39-21-30(41-34)28-15-11-26(12-16-28)27-13-17-29(18-14-27)31-22-40-35(42-31)33-10-8-20-45(33)38(49)46(24(3)4)43-37(48)50-6;;;/h11-18,21-25,32-33H,7-10,19-20H2,1-6H3,(H,39,41)(H,40,42)(H,43,48);3*1H2/t25-,32-,33-;;;/m0.../s1. The van der Waals surface area contributed by atoms with Gasteiger partial charge in [0, 0.05) is 25.0 Å². The molecular formula is C38H54N8O4S3. The van der Waals surface area contributed by atoms with Gasteiger partial charge in [-0.15, -0.1) is 0 Å². The van der Waals surface area contributed by atoms with Crippen LogP contribution in [-0.2, 0) is 9.53 Å². The maximum Gasteiger partial charge on any atom is 0.425 e. The lowest BCUT2D eigenvalue weighted by atomic mass is 9.96. The van der Waals surface area contributed by atoms with Crippen molar-refractivity contribution in [2.24, 2.45) is 11.8 Å². The summed E-state index contributed by atoms with van der Waals surface area (Å²) in [5.74, 6) is 2.07. The highest BCUT2D eigenvalue weighted by Crippen LogP contribution is 2.35. The molecule has 0 unspecified atom stereocenters. The topological polar surface area (TPSA) is 140 Å². The Morgan fingerprint density at radius 1 is 0.736 bits per heavy atom. The molecule has 0 saturated carbocycles. The number of ether oxygens (including phenoxy) is 1. The van der Waals surface area contributed by atoms with E-state index in [1.807, 2.05) is 31.9 Å². The normalized spacial score (nSPS) is 17.1. The molecule has 2 aromatic heterocycles. The predicted molar refractivity (Wildman–Crippen MR) is 222 cm³/mol. The van der Waals surface area contributed by atoms with Gasteiger partial charge in [0.05, 0.1) is 43.0 Å². The Labute approximate surface area is 333 Å². The smallest absolute Gasteiger partial charge is 0.425 e. The average molecular weight is 783 g/mol. The summed E-state index contributed by atoms with van der Waals surface area (Å²) in [7, 11) is 1.27. The number of nitrogens with zero attached hydrogens (tertiary/aromatic N) is 5. The number of likely N-dealkylation sites (tertiary alicyclic amines) is 2. The van der Waals surface area contributed by atoms with E-state index < -0.39 is 6.09 Å². The maximum absolute atomic E-state index is 13.4. The van der Waals surface area contributed by atoms with Gasteiger partial charge >= 0.3 is 12.1 Å². The predicted octanol–water partition coefficient (Wildman–Crippen LogP) is 7.67. The van der Waals surface area contributed by atoms with Gasteiger partial charge in [-0.2, -0.15) is 40.5 Å². The Bertz CT molecular complexity index is 1810. The number of amides is 4. The fraction of sp³-hybridized carbons (Fsp3) is 0.447. The van der Waals surface area contributed by atoms with E-state index >= 15 is 0 Å². The first-order valence-corrected chi connectivity index (χ1v) is 17.6. The molecule has 15 heteroatoms. The minimum atomic E-state index is -0.688. The molecule has 6 rings (SSSR count). The van der Waals surface area contributed by atoms with Gasteiger partial charge in [-0.25, -0.2) is 30.0 Å². The highest BCUT2D eigenvalue weighted by Gasteiger charge is 2.37. The second-order valence-electron chi connectivity index (χ2n) is 13.9. The van der Waals surface area contributed by atoms with Crippen LogP contribution in [0, 0.1) is 11.8 Å². The van der Waals surface area contributed by atoms with Crippen molar-refractivity contribution in [2.75, 3.05) is 20.2 Å². The number of carbonyl (C=O) groups excluding carboxylic acids is 3. The van der Waals surface area contributed by atoms with Crippen molar-refractivity contribution in [3.63, 3.8) is 0 Å². The first-order chi connectivity index (χ1) is 24.0. The third-order valence-electron chi connectivity index (χ3n) is 10.1. The summed E-state index contributed by atoms with van der Waals surface area (Å²) in [4.78, 5) is 58.5. The zero-order valence-corrected chi connectivity index (χ0v) is 34.3. The van der Waals surface area contributed by atoms with E-state index in [1.165, 1.54) is 12.1 Å².